The Kier molecular flexibility index (Phi) is 3.76. The van der Waals surface area contributed by atoms with Crippen molar-refractivity contribution in [3.63, 3.8) is 0 Å². The first-order chi connectivity index (χ1) is 7.68. The van der Waals surface area contributed by atoms with Gasteiger partial charge in [0, 0.05) is 17.2 Å². The van der Waals surface area contributed by atoms with E-state index in [0.29, 0.717) is 19.4 Å². The maximum absolute atomic E-state index is 14.2. The van der Waals surface area contributed by atoms with Crippen molar-refractivity contribution in [2.45, 2.75) is 18.5 Å². The second-order valence-electron chi connectivity index (χ2n) is 4.15. The summed E-state index contributed by atoms with van der Waals surface area (Å²) in [5.74, 6) is 0. The molecule has 1 fully saturated rings. The van der Waals surface area contributed by atoms with E-state index < -0.39 is 5.67 Å². The molecule has 1 aromatic rings. The van der Waals surface area contributed by atoms with Crippen LogP contribution in [0.15, 0.2) is 22.9 Å². The lowest BCUT2D eigenvalue weighted by atomic mass is 9.94. The average Bonchev–Trinajstić information content (AvgIpc) is 2.28. The molecule has 88 valence electrons. The van der Waals surface area contributed by atoms with E-state index >= 15 is 0 Å². The van der Waals surface area contributed by atoms with Gasteiger partial charge in [0.05, 0.1) is 11.9 Å². The molecule has 3 nitrogen and oxygen atoms in total. The minimum atomic E-state index is -1.09. The highest BCUT2D eigenvalue weighted by molar-refractivity contribution is 9.10. The van der Waals surface area contributed by atoms with E-state index in [1.807, 2.05) is 6.07 Å². The van der Waals surface area contributed by atoms with Gasteiger partial charge < -0.3 is 10.6 Å². The van der Waals surface area contributed by atoms with Crippen LogP contribution in [0.25, 0.3) is 0 Å². The number of rotatable bonds is 3. The second-order valence-corrected chi connectivity index (χ2v) is 5.06. The number of piperidine rings is 1. The Balaban J connectivity index is 1.91. The fourth-order valence-corrected chi connectivity index (χ4v) is 2.19. The van der Waals surface area contributed by atoms with Gasteiger partial charge in [-0.2, -0.15) is 0 Å². The van der Waals surface area contributed by atoms with Gasteiger partial charge in [0.1, 0.15) is 5.67 Å². The van der Waals surface area contributed by atoms with Crippen LogP contribution >= 0.6 is 15.9 Å². The largest absolute Gasteiger partial charge is 0.381 e. The Hall–Kier alpha value is -0.680. The quantitative estimate of drug-likeness (QED) is 0.896. The Morgan fingerprint density at radius 3 is 2.88 bits per heavy atom. The molecule has 0 spiro atoms. The van der Waals surface area contributed by atoms with Gasteiger partial charge in [0.2, 0.25) is 0 Å². The number of alkyl halides is 1. The van der Waals surface area contributed by atoms with E-state index in [2.05, 4.69) is 31.5 Å². The monoisotopic (exact) mass is 287 g/mol. The van der Waals surface area contributed by atoms with Gasteiger partial charge in [0.25, 0.3) is 0 Å². The number of hydrogen-bond acceptors (Lipinski definition) is 3. The first-order valence-corrected chi connectivity index (χ1v) is 6.21. The zero-order chi connectivity index (χ0) is 11.4. The molecule has 0 aliphatic carbocycles. The van der Waals surface area contributed by atoms with Gasteiger partial charge in [-0.15, -0.1) is 0 Å². The van der Waals surface area contributed by atoms with Crippen LogP contribution in [-0.4, -0.2) is 30.3 Å². The van der Waals surface area contributed by atoms with Crippen LogP contribution in [0.2, 0.25) is 0 Å². The Morgan fingerprint density at radius 2 is 2.19 bits per heavy atom. The van der Waals surface area contributed by atoms with E-state index in [-0.39, 0.29) is 0 Å². The molecule has 5 heteroatoms. The molecule has 0 amide bonds. The summed E-state index contributed by atoms with van der Waals surface area (Å²) < 4.78 is 15.1. The molecule has 1 aromatic heterocycles. The predicted molar refractivity (Wildman–Crippen MR) is 66.4 cm³/mol. The highest BCUT2D eigenvalue weighted by atomic mass is 79.9. The standard InChI is InChI=1S/C11H15BrFN3/c12-9-5-10(7-15-6-9)16-8-11(13)1-3-14-4-2-11/h5-7,14,16H,1-4,8H2. The number of anilines is 1. The van der Waals surface area contributed by atoms with Crippen molar-refractivity contribution in [2.24, 2.45) is 0 Å². The van der Waals surface area contributed by atoms with Crippen LogP contribution in [0, 0.1) is 0 Å². The minimum absolute atomic E-state index is 0.354. The number of halogens is 2. The third kappa shape index (κ3) is 3.15. The number of hydrogen-bond donors (Lipinski definition) is 2. The molecule has 1 saturated heterocycles. The van der Waals surface area contributed by atoms with Gasteiger partial charge in [-0.1, -0.05) is 0 Å². The number of pyridine rings is 1. The van der Waals surface area contributed by atoms with Crippen LogP contribution in [0.5, 0.6) is 0 Å². The van der Waals surface area contributed by atoms with Crippen molar-refractivity contribution in [1.82, 2.24) is 10.3 Å². The van der Waals surface area contributed by atoms with E-state index in [9.17, 15) is 4.39 Å². The third-order valence-electron chi connectivity index (χ3n) is 2.81. The third-order valence-corrected chi connectivity index (χ3v) is 3.25. The van der Waals surface area contributed by atoms with Crippen molar-refractivity contribution in [1.29, 1.82) is 0 Å². The van der Waals surface area contributed by atoms with Gasteiger partial charge in [0.15, 0.2) is 0 Å². The fraction of sp³-hybridized carbons (Fsp3) is 0.545. The maximum Gasteiger partial charge on any atom is 0.130 e. The summed E-state index contributed by atoms with van der Waals surface area (Å²) in [5.41, 5.74) is -0.238. The summed E-state index contributed by atoms with van der Waals surface area (Å²) in [6, 6.07) is 1.90. The second kappa shape index (κ2) is 5.10. The lowest BCUT2D eigenvalue weighted by molar-refractivity contribution is 0.131. The maximum atomic E-state index is 14.2. The minimum Gasteiger partial charge on any atom is -0.381 e. The average molecular weight is 288 g/mol. The number of nitrogens with one attached hydrogen (secondary N) is 2. The lowest BCUT2D eigenvalue weighted by Crippen LogP contribution is -2.43. The summed E-state index contributed by atoms with van der Waals surface area (Å²) in [7, 11) is 0. The first kappa shape index (κ1) is 11.8. The zero-order valence-electron chi connectivity index (χ0n) is 8.97. The highest BCUT2D eigenvalue weighted by Gasteiger charge is 2.31. The summed E-state index contributed by atoms with van der Waals surface area (Å²) >= 11 is 3.34. The molecular formula is C11H15BrFN3. The van der Waals surface area contributed by atoms with Crippen molar-refractivity contribution in [2.75, 3.05) is 25.0 Å². The molecular weight excluding hydrogens is 273 g/mol. The number of nitrogens with zero attached hydrogens (tertiary/aromatic N) is 1. The molecule has 2 N–H and O–H groups in total. The SMILES string of the molecule is FC1(CNc2cncc(Br)c2)CCNCC1. The Bertz CT molecular complexity index is 353. The van der Waals surface area contributed by atoms with Crippen LogP contribution in [0.1, 0.15) is 12.8 Å². The first-order valence-electron chi connectivity index (χ1n) is 5.42. The van der Waals surface area contributed by atoms with E-state index in [1.54, 1.807) is 12.4 Å². The van der Waals surface area contributed by atoms with Gasteiger partial charge in [-0.05, 0) is 47.9 Å². The molecule has 0 unspecified atom stereocenters. The van der Waals surface area contributed by atoms with Crippen LogP contribution in [0.4, 0.5) is 10.1 Å². The van der Waals surface area contributed by atoms with Crippen LogP contribution in [0.3, 0.4) is 0 Å². The van der Waals surface area contributed by atoms with E-state index in [4.69, 9.17) is 0 Å². The molecule has 0 bridgehead atoms. The van der Waals surface area contributed by atoms with Crippen molar-refractivity contribution < 1.29 is 4.39 Å². The smallest absolute Gasteiger partial charge is 0.130 e. The van der Waals surface area contributed by atoms with Gasteiger partial charge in [-0.25, -0.2) is 4.39 Å². The number of aromatic nitrogens is 1. The highest BCUT2D eigenvalue weighted by Crippen LogP contribution is 2.24. The van der Waals surface area contributed by atoms with Crippen molar-refractivity contribution in [3.8, 4) is 0 Å². The molecule has 16 heavy (non-hydrogen) atoms. The summed E-state index contributed by atoms with van der Waals surface area (Å²) in [6.07, 6.45) is 4.55. The predicted octanol–water partition coefficient (Wildman–Crippen LogP) is 2.35. The Morgan fingerprint density at radius 1 is 1.44 bits per heavy atom. The zero-order valence-corrected chi connectivity index (χ0v) is 10.6. The summed E-state index contributed by atoms with van der Waals surface area (Å²) in [6.45, 7) is 1.87. The molecule has 2 heterocycles. The molecule has 0 atom stereocenters. The summed E-state index contributed by atoms with van der Waals surface area (Å²) in [4.78, 5) is 4.03. The lowest BCUT2D eigenvalue weighted by Gasteiger charge is -2.30. The van der Waals surface area contributed by atoms with Crippen molar-refractivity contribution in [3.05, 3.63) is 22.9 Å². The molecule has 0 saturated carbocycles. The molecule has 0 radical (unpaired) electrons. The topological polar surface area (TPSA) is 37.0 Å². The van der Waals surface area contributed by atoms with Crippen molar-refractivity contribution >= 4 is 21.6 Å². The van der Waals surface area contributed by atoms with Crippen LogP contribution in [-0.2, 0) is 0 Å². The molecule has 1 aliphatic rings. The van der Waals surface area contributed by atoms with Gasteiger partial charge in [-0.3, -0.25) is 4.98 Å². The molecule has 0 aromatic carbocycles. The van der Waals surface area contributed by atoms with E-state index in [0.717, 1.165) is 23.2 Å². The molecule has 1 aliphatic heterocycles. The normalized spacial score (nSPS) is 19.4. The molecule has 2 rings (SSSR count). The van der Waals surface area contributed by atoms with Crippen LogP contribution < -0.4 is 10.6 Å². The Labute approximate surface area is 103 Å². The summed E-state index contributed by atoms with van der Waals surface area (Å²) in [5, 5.41) is 6.26. The van der Waals surface area contributed by atoms with Gasteiger partial charge >= 0.3 is 0 Å². The fourth-order valence-electron chi connectivity index (χ4n) is 1.82. The van der Waals surface area contributed by atoms with E-state index in [1.165, 1.54) is 0 Å².